The van der Waals surface area contributed by atoms with Gasteiger partial charge in [-0.05, 0) is 39.7 Å². The number of ether oxygens (including phenoxy) is 1. The average Bonchev–Trinajstić information content (AvgIpc) is 3.56. The number of nitrogens with one attached hydrogen (secondary N) is 1. The number of benzene rings is 3. The fourth-order valence-electron chi connectivity index (χ4n) is 6.84. The summed E-state index contributed by atoms with van der Waals surface area (Å²) in [5.74, 6) is 0.666. The second kappa shape index (κ2) is 14.7. The first-order valence-corrected chi connectivity index (χ1v) is 19.3. The molecule has 0 aliphatic carbocycles. The molecule has 7 rings (SSSR count). The lowest BCUT2D eigenvalue weighted by molar-refractivity contribution is -0.124. The van der Waals surface area contributed by atoms with E-state index >= 15 is 0 Å². The number of hydrogen-bond acceptors (Lipinski definition) is 8. The van der Waals surface area contributed by atoms with E-state index in [0.717, 1.165) is 13.1 Å². The van der Waals surface area contributed by atoms with Crippen LogP contribution < -0.4 is 20.4 Å². The molecule has 10 nitrogen and oxygen atoms in total. The summed E-state index contributed by atoms with van der Waals surface area (Å²) in [6, 6.07) is 34.1. The zero-order chi connectivity index (χ0) is 35.4. The summed E-state index contributed by atoms with van der Waals surface area (Å²) in [6.07, 6.45) is 3.77. The van der Waals surface area contributed by atoms with Crippen LogP contribution >= 0.6 is 11.6 Å². The maximum atomic E-state index is 13.8. The zero-order valence-electron chi connectivity index (χ0n) is 28.8. The third-order valence-electron chi connectivity index (χ3n) is 9.28. The van der Waals surface area contributed by atoms with Crippen molar-refractivity contribution in [3.05, 3.63) is 127 Å². The van der Waals surface area contributed by atoms with E-state index in [0.29, 0.717) is 46.6 Å². The molecular formula is C39H40ClN7O3Si. The van der Waals surface area contributed by atoms with Crippen molar-refractivity contribution in [2.75, 3.05) is 31.6 Å². The fraction of sp³-hybridized carbons (Fsp3) is 0.256. The average molecular weight is 718 g/mol. The topological polar surface area (TPSA) is 107 Å². The Morgan fingerprint density at radius 2 is 1.57 bits per heavy atom. The van der Waals surface area contributed by atoms with Crippen LogP contribution in [-0.2, 0) is 9.22 Å². The highest BCUT2D eigenvalue weighted by Crippen LogP contribution is 2.37. The van der Waals surface area contributed by atoms with Crippen molar-refractivity contribution in [3.63, 3.8) is 0 Å². The van der Waals surface area contributed by atoms with Gasteiger partial charge in [-0.1, -0.05) is 111 Å². The van der Waals surface area contributed by atoms with Crippen LogP contribution in [0, 0.1) is 5.92 Å². The van der Waals surface area contributed by atoms with Gasteiger partial charge < -0.3 is 14.5 Å². The molecule has 1 fully saturated rings. The molecule has 1 atom stereocenters. The third-order valence-corrected chi connectivity index (χ3v) is 14.6. The first-order chi connectivity index (χ1) is 24.7. The normalized spacial score (nSPS) is 14.6. The van der Waals surface area contributed by atoms with E-state index in [-0.39, 0.29) is 16.8 Å². The number of fused-ring (bicyclic) bond motifs is 1. The molecule has 12 heteroatoms. The minimum absolute atomic E-state index is 0.107. The van der Waals surface area contributed by atoms with Crippen LogP contribution in [0.25, 0.3) is 16.7 Å². The maximum Gasteiger partial charge on any atom is 0.268 e. The van der Waals surface area contributed by atoms with E-state index in [1.165, 1.54) is 16.7 Å². The first-order valence-electron chi connectivity index (χ1n) is 17.0. The predicted octanol–water partition coefficient (Wildman–Crippen LogP) is 5.76. The largest absolute Gasteiger partial charge is 0.462 e. The molecule has 1 aliphatic rings. The number of likely N-dealkylation sites (tertiary alicyclic amines) is 1. The summed E-state index contributed by atoms with van der Waals surface area (Å²) in [4.78, 5) is 29.1. The third kappa shape index (κ3) is 7.15. The van der Waals surface area contributed by atoms with Gasteiger partial charge in [0.2, 0.25) is 5.88 Å². The number of carbonyl (C=O) groups excluding carboxylic acids is 1. The molecule has 1 N–H and O–H groups in total. The van der Waals surface area contributed by atoms with Crippen LogP contribution in [-0.4, -0.2) is 76.2 Å². The molecule has 0 spiro atoms. The predicted molar refractivity (Wildman–Crippen MR) is 202 cm³/mol. The molecule has 3 aromatic carbocycles. The zero-order valence-corrected chi connectivity index (χ0v) is 30.6. The SMILES string of the molecule is CC(C)(C)[Si](OCC1CN(C[C@H](Oc2ncnc3c2cnn3-c2ccccc2Cl)C(=O)Nc2ccccn2)C1)(c1ccccc1)c1ccccc1. The monoisotopic (exact) mass is 717 g/mol. The van der Waals surface area contributed by atoms with Crippen molar-refractivity contribution < 1.29 is 14.0 Å². The number of anilines is 1. The minimum atomic E-state index is -2.66. The number of nitrogens with zero attached hydrogens (tertiary/aromatic N) is 6. The van der Waals surface area contributed by atoms with Crippen molar-refractivity contribution in [2.24, 2.45) is 5.92 Å². The number of para-hydroxylation sites is 1. The van der Waals surface area contributed by atoms with E-state index in [1.807, 2.05) is 24.3 Å². The maximum absolute atomic E-state index is 13.8. The van der Waals surface area contributed by atoms with E-state index in [9.17, 15) is 4.79 Å². The molecule has 0 unspecified atom stereocenters. The molecule has 1 amide bonds. The number of aromatic nitrogens is 5. The first kappa shape index (κ1) is 34.5. The van der Waals surface area contributed by atoms with Gasteiger partial charge in [0.25, 0.3) is 14.2 Å². The van der Waals surface area contributed by atoms with E-state index < -0.39 is 14.4 Å². The van der Waals surface area contributed by atoms with Gasteiger partial charge in [0.05, 0.1) is 16.9 Å². The molecule has 1 aliphatic heterocycles. The smallest absolute Gasteiger partial charge is 0.268 e. The van der Waals surface area contributed by atoms with Crippen LogP contribution in [0.5, 0.6) is 5.88 Å². The summed E-state index contributed by atoms with van der Waals surface area (Å²) in [5, 5.41) is 10.9. The lowest BCUT2D eigenvalue weighted by Crippen LogP contribution is -2.67. The number of amides is 1. The van der Waals surface area contributed by atoms with Gasteiger partial charge in [-0.15, -0.1) is 0 Å². The Bertz CT molecular complexity index is 2050. The Kier molecular flexibility index (Phi) is 9.96. The van der Waals surface area contributed by atoms with Crippen LogP contribution in [0.15, 0.2) is 122 Å². The summed E-state index contributed by atoms with van der Waals surface area (Å²) in [6.45, 7) is 9.35. The molecule has 3 aromatic heterocycles. The van der Waals surface area contributed by atoms with Crippen molar-refractivity contribution in [2.45, 2.75) is 31.9 Å². The van der Waals surface area contributed by atoms with E-state index in [2.05, 4.69) is 112 Å². The van der Waals surface area contributed by atoms with E-state index in [1.54, 1.807) is 35.3 Å². The van der Waals surface area contributed by atoms with Gasteiger partial charge in [-0.25, -0.2) is 19.6 Å². The molecule has 0 bridgehead atoms. The number of pyridine rings is 1. The molecule has 1 saturated heterocycles. The molecule has 51 heavy (non-hydrogen) atoms. The Labute approximate surface area is 303 Å². The van der Waals surface area contributed by atoms with Crippen LogP contribution in [0.3, 0.4) is 0 Å². The van der Waals surface area contributed by atoms with Gasteiger partial charge >= 0.3 is 0 Å². The molecule has 260 valence electrons. The van der Waals surface area contributed by atoms with Crippen molar-refractivity contribution >= 4 is 53.1 Å². The molecule has 0 radical (unpaired) electrons. The van der Waals surface area contributed by atoms with Crippen LogP contribution in [0.2, 0.25) is 10.1 Å². The van der Waals surface area contributed by atoms with Gasteiger partial charge in [-0.2, -0.15) is 5.10 Å². The Hall–Kier alpha value is -4.94. The fourth-order valence-corrected chi connectivity index (χ4v) is 11.7. The quantitative estimate of drug-likeness (QED) is 0.159. The highest BCUT2D eigenvalue weighted by atomic mass is 35.5. The van der Waals surface area contributed by atoms with Crippen LogP contribution in [0.1, 0.15) is 20.8 Å². The summed E-state index contributed by atoms with van der Waals surface area (Å²) < 4.78 is 15.3. The number of carbonyl (C=O) groups is 1. The number of hydrogen-bond donors (Lipinski definition) is 1. The van der Waals surface area contributed by atoms with Gasteiger partial charge in [0, 0.05) is 38.4 Å². The van der Waals surface area contributed by atoms with Crippen molar-refractivity contribution in [3.8, 4) is 11.6 Å². The second-order valence-corrected chi connectivity index (χ2v) is 18.5. The van der Waals surface area contributed by atoms with Gasteiger partial charge in [-0.3, -0.25) is 9.69 Å². The molecule has 0 saturated carbocycles. The second-order valence-electron chi connectivity index (χ2n) is 13.8. The standard InChI is InChI=1S/C39H40ClN7O3Si/c1-39(2,3)51(29-14-6-4-7-15-29,30-16-8-5-9-17-30)49-26-28-23-46(24-28)25-34(37(48)45-35-20-12-13-21-41-35)50-38-31-22-44-47(36(31)42-27-43-38)33-19-11-10-18-32(33)40/h4-22,27-28,34H,23-26H2,1-3H3,(H,41,45,48)/t34-/m0/s1. The molecule has 6 aromatic rings. The Balaban J connectivity index is 1.09. The van der Waals surface area contributed by atoms with Gasteiger partial charge in [0.1, 0.15) is 17.5 Å². The Morgan fingerprint density at radius 1 is 0.902 bits per heavy atom. The highest BCUT2D eigenvalue weighted by Gasteiger charge is 2.50. The molecule has 4 heterocycles. The molecular weight excluding hydrogens is 678 g/mol. The van der Waals surface area contributed by atoms with Crippen molar-refractivity contribution in [1.29, 1.82) is 0 Å². The summed E-state index contributed by atoms with van der Waals surface area (Å²) >= 11 is 6.48. The van der Waals surface area contributed by atoms with Gasteiger partial charge in [0.15, 0.2) is 11.8 Å². The van der Waals surface area contributed by atoms with Crippen molar-refractivity contribution in [1.82, 2.24) is 29.6 Å². The highest BCUT2D eigenvalue weighted by molar-refractivity contribution is 6.99. The Morgan fingerprint density at radius 3 is 2.22 bits per heavy atom. The minimum Gasteiger partial charge on any atom is -0.462 e. The lowest BCUT2D eigenvalue weighted by Gasteiger charge is -2.46. The summed E-state index contributed by atoms with van der Waals surface area (Å²) in [7, 11) is -2.66. The lowest BCUT2D eigenvalue weighted by atomic mass is 10.0. The number of halogens is 1. The number of rotatable bonds is 12. The van der Waals surface area contributed by atoms with Crippen LogP contribution in [0.4, 0.5) is 5.82 Å². The summed E-state index contributed by atoms with van der Waals surface area (Å²) in [5.41, 5.74) is 1.19. The van der Waals surface area contributed by atoms with E-state index in [4.69, 9.17) is 20.8 Å².